The fourth-order valence-corrected chi connectivity index (χ4v) is 3.95. The van der Waals surface area contributed by atoms with Crippen LogP contribution < -0.4 is 10.6 Å². The minimum Gasteiger partial charge on any atom is -0.355 e. The lowest BCUT2D eigenvalue weighted by Gasteiger charge is -2.31. The van der Waals surface area contributed by atoms with Gasteiger partial charge >= 0.3 is 0 Å². The van der Waals surface area contributed by atoms with Crippen LogP contribution in [0.5, 0.6) is 0 Å². The fourth-order valence-electron chi connectivity index (χ4n) is 3.95. The molecule has 0 saturated heterocycles. The van der Waals surface area contributed by atoms with Gasteiger partial charge in [-0.15, -0.1) is 10.2 Å². The summed E-state index contributed by atoms with van der Waals surface area (Å²) in [6.45, 7) is 11.5. The zero-order valence-electron chi connectivity index (χ0n) is 20.1. The van der Waals surface area contributed by atoms with Gasteiger partial charge in [0, 0.05) is 26.1 Å². The molecule has 0 aliphatic rings. The summed E-state index contributed by atoms with van der Waals surface area (Å²) in [6, 6.07) is 21.3. The smallest absolute Gasteiger partial charge is 0.191 e. The maximum Gasteiger partial charge on any atom is 0.191 e. The Bertz CT molecular complexity index is 949. The lowest BCUT2D eigenvalue weighted by atomic mass is 10.1. The highest BCUT2D eigenvalue weighted by Gasteiger charge is 2.18. The zero-order chi connectivity index (χ0) is 23.3. The molecule has 7 nitrogen and oxygen atoms in total. The van der Waals surface area contributed by atoms with E-state index >= 15 is 0 Å². The van der Waals surface area contributed by atoms with E-state index < -0.39 is 0 Å². The molecule has 1 aromatic heterocycles. The van der Waals surface area contributed by atoms with Gasteiger partial charge < -0.3 is 15.2 Å². The normalized spacial score (nSPS) is 12.7. The van der Waals surface area contributed by atoms with Gasteiger partial charge in [0.1, 0.15) is 12.2 Å². The Morgan fingerprint density at radius 3 is 2.33 bits per heavy atom. The number of nitrogens with one attached hydrogen (secondary N) is 2. The molecule has 1 heterocycles. The molecule has 0 amide bonds. The van der Waals surface area contributed by atoms with Gasteiger partial charge in [-0.05, 0) is 24.2 Å². The molecule has 0 spiro atoms. The van der Waals surface area contributed by atoms with E-state index in [1.807, 2.05) is 6.07 Å². The molecule has 176 valence electrons. The molecule has 1 atom stereocenters. The summed E-state index contributed by atoms with van der Waals surface area (Å²) < 4.78 is 2.09. The number of guanidine groups is 1. The van der Waals surface area contributed by atoms with Gasteiger partial charge in [-0.3, -0.25) is 4.90 Å². The number of nitrogens with zero attached hydrogens (tertiary/aromatic N) is 5. The highest BCUT2D eigenvalue weighted by Crippen LogP contribution is 2.19. The van der Waals surface area contributed by atoms with Gasteiger partial charge in [-0.1, -0.05) is 81.4 Å². The standard InChI is InChI=1S/C26H37N7/c1-4-25-31-30-21-33(25)18-17-27-26(28-19-22-13-9-7-10-14-22)29-20-24(32(5-2)6-3)23-15-11-8-12-16-23/h7-16,21,24H,4-6,17-20H2,1-3H3,(H2,27,28,29). The summed E-state index contributed by atoms with van der Waals surface area (Å²) >= 11 is 0. The number of hydrogen-bond acceptors (Lipinski definition) is 4. The molecule has 0 aliphatic heterocycles. The molecule has 7 heteroatoms. The zero-order valence-corrected chi connectivity index (χ0v) is 20.1. The fraction of sp³-hybridized carbons (Fsp3) is 0.423. The van der Waals surface area contributed by atoms with Crippen LogP contribution in [-0.2, 0) is 19.5 Å². The predicted octanol–water partition coefficient (Wildman–Crippen LogP) is 3.66. The first kappa shape index (κ1) is 24.5. The Balaban J connectivity index is 1.70. The molecule has 0 fully saturated rings. The monoisotopic (exact) mass is 447 g/mol. The number of hydrogen-bond donors (Lipinski definition) is 2. The van der Waals surface area contributed by atoms with Crippen molar-refractivity contribution >= 4 is 5.96 Å². The minimum atomic E-state index is 0.273. The summed E-state index contributed by atoms with van der Waals surface area (Å²) in [7, 11) is 0. The van der Waals surface area contributed by atoms with Crippen LogP contribution in [0.25, 0.3) is 0 Å². The second-order valence-corrected chi connectivity index (χ2v) is 7.90. The van der Waals surface area contributed by atoms with Crippen LogP contribution in [0.15, 0.2) is 72.0 Å². The van der Waals surface area contributed by atoms with Crippen molar-refractivity contribution < 1.29 is 0 Å². The molecule has 3 rings (SSSR count). The lowest BCUT2D eigenvalue weighted by Crippen LogP contribution is -2.44. The van der Waals surface area contributed by atoms with Crippen molar-refractivity contribution in [1.82, 2.24) is 30.3 Å². The number of aromatic nitrogens is 3. The third-order valence-electron chi connectivity index (χ3n) is 5.82. The van der Waals surface area contributed by atoms with Crippen molar-refractivity contribution in [1.29, 1.82) is 0 Å². The topological polar surface area (TPSA) is 70.4 Å². The molecule has 0 radical (unpaired) electrons. The number of likely N-dealkylation sites (N-methyl/N-ethyl adjacent to an activating group) is 1. The third-order valence-corrected chi connectivity index (χ3v) is 5.82. The van der Waals surface area contributed by atoms with E-state index in [0.29, 0.717) is 6.54 Å². The van der Waals surface area contributed by atoms with Crippen molar-refractivity contribution in [2.75, 3.05) is 26.2 Å². The highest BCUT2D eigenvalue weighted by atomic mass is 15.3. The number of rotatable bonds is 12. The SMILES string of the molecule is CCc1nncn1CCNC(=NCc1ccccc1)NCC(c1ccccc1)N(CC)CC. The average Bonchev–Trinajstić information content (AvgIpc) is 3.33. The van der Waals surface area contributed by atoms with E-state index in [0.717, 1.165) is 50.9 Å². The summed E-state index contributed by atoms with van der Waals surface area (Å²) in [5.41, 5.74) is 2.50. The van der Waals surface area contributed by atoms with Crippen LogP contribution in [0.1, 0.15) is 43.8 Å². The van der Waals surface area contributed by atoms with Crippen molar-refractivity contribution in [3.8, 4) is 0 Å². The molecular weight excluding hydrogens is 410 g/mol. The first-order valence-corrected chi connectivity index (χ1v) is 12.0. The lowest BCUT2D eigenvalue weighted by molar-refractivity contribution is 0.219. The number of aryl methyl sites for hydroxylation is 1. The summed E-state index contributed by atoms with van der Waals surface area (Å²) in [5.74, 6) is 1.82. The van der Waals surface area contributed by atoms with E-state index in [-0.39, 0.29) is 6.04 Å². The van der Waals surface area contributed by atoms with E-state index in [1.54, 1.807) is 6.33 Å². The van der Waals surface area contributed by atoms with Gasteiger partial charge in [-0.2, -0.15) is 0 Å². The first-order valence-electron chi connectivity index (χ1n) is 12.0. The largest absolute Gasteiger partial charge is 0.355 e. The minimum absolute atomic E-state index is 0.273. The highest BCUT2D eigenvalue weighted by molar-refractivity contribution is 5.79. The van der Waals surface area contributed by atoms with Crippen molar-refractivity contribution in [3.63, 3.8) is 0 Å². The summed E-state index contributed by atoms with van der Waals surface area (Å²) in [4.78, 5) is 7.34. The van der Waals surface area contributed by atoms with Gasteiger partial charge in [0.15, 0.2) is 5.96 Å². The quantitative estimate of drug-likeness (QED) is 0.328. The van der Waals surface area contributed by atoms with E-state index in [9.17, 15) is 0 Å². The van der Waals surface area contributed by atoms with Gasteiger partial charge in [0.05, 0.1) is 12.6 Å². The molecular formula is C26H37N7. The van der Waals surface area contributed by atoms with Crippen molar-refractivity contribution in [2.24, 2.45) is 4.99 Å². The predicted molar refractivity (Wildman–Crippen MR) is 135 cm³/mol. The second-order valence-electron chi connectivity index (χ2n) is 7.90. The Labute approximate surface area is 198 Å². The first-order chi connectivity index (χ1) is 16.2. The van der Waals surface area contributed by atoms with Crippen LogP contribution >= 0.6 is 0 Å². The van der Waals surface area contributed by atoms with Gasteiger partial charge in [0.25, 0.3) is 0 Å². The number of benzene rings is 2. The van der Waals surface area contributed by atoms with Crippen molar-refractivity contribution in [2.45, 2.75) is 46.3 Å². The van der Waals surface area contributed by atoms with Crippen LogP contribution in [0.3, 0.4) is 0 Å². The maximum absolute atomic E-state index is 4.87. The van der Waals surface area contributed by atoms with Crippen LogP contribution in [0.4, 0.5) is 0 Å². The van der Waals surface area contributed by atoms with Gasteiger partial charge in [-0.25, -0.2) is 4.99 Å². The summed E-state index contributed by atoms with van der Waals surface area (Å²) in [6.07, 6.45) is 2.66. The van der Waals surface area contributed by atoms with Crippen LogP contribution in [0, 0.1) is 0 Å². The Morgan fingerprint density at radius 1 is 0.970 bits per heavy atom. The Kier molecular flexibility index (Phi) is 9.91. The van der Waals surface area contributed by atoms with Crippen molar-refractivity contribution in [3.05, 3.63) is 83.9 Å². The molecule has 2 aromatic carbocycles. The van der Waals surface area contributed by atoms with Gasteiger partial charge in [0.2, 0.25) is 0 Å². The molecule has 2 N–H and O–H groups in total. The maximum atomic E-state index is 4.87. The molecule has 33 heavy (non-hydrogen) atoms. The average molecular weight is 448 g/mol. The van der Waals surface area contributed by atoms with Crippen LogP contribution in [-0.4, -0.2) is 51.8 Å². The van der Waals surface area contributed by atoms with Crippen LogP contribution in [0.2, 0.25) is 0 Å². The molecule has 0 bridgehead atoms. The van der Waals surface area contributed by atoms with E-state index in [2.05, 4.69) is 106 Å². The number of aliphatic imine (C=N–C) groups is 1. The third kappa shape index (κ3) is 7.43. The van der Waals surface area contributed by atoms with E-state index in [4.69, 9.17) is 4.99 Å². The van der Waals surface area contributed by atoms with E-state index in [1.165, 1.54) is 11.1 Å². The Hall–Kier alpha value is -3.19. The molecule has 0 aliphatic carbocycles. The molecule has 3 aromatic rings. The summed E-state index contributed by atoms with van der Waals surface area (Å²) in [5, 5.41) is 15.3. The molecule has 1 unspecified atom stereocenters. The Morgan fingerprint density at radius 2 is 1.67 bits per heavy atom. The second kappa shape index (κ2) is 13.4. The molecule has 0 saturated carbocycles.